The Morgan fingerprint density at radius 1 is 1.21 bits per heavy atom. The number of aromatic hydroxyl groups is 1. The molecule has 33 heavy (non-hydrogen) atoms. The number of hydrogen-bond acceptors (Lipinski definition) is 4. The maximum absolute atomic E-state index is 10.8. The van der Waals surface area contributed by atoms with Crippen LogP contribution in [0, 0.1) is 0 Å². The first kappa shape index (κ1) is 21.2. The third kappa shape index (κ3) is 3.74. The van der Waals surface area contributed by atoms with Gasteiger partial charge in [-0.15, -0.1) is 0 Å². The van der Waals surface area contributed by atoms with Gasteiger partial charge in [0, 0.05) is 21.2 Å². The van der Waals surface area contributed by atoms with Gasteiger partial charge in [0.1, 0.15) is 22.5 Å². The first-order chi connectivity index (χ1) is 16.1. The fourth-order valence-corrected chi connectivity index (χ4v) is 4.54. The van der Waals surface area contributed by atoms with Crippen molar-refractivity contribution < 1.29 is 9.52 Å². The van der Waals surface area contributed by atoms with E-state index in [9.17, 15) is 5.11 Å². The predicted molar refractivity (Wildman–Crippen MR) is 139 cm³/mol. The van der Waals surface area contributed by atoms with Crippen molar-refractivity contribution in [3.8, 4) is 17.1 Å². The Morgan fingerprint density at radius 2 is 2.09 bits per heavy atom. The average molecular weight is 497 g/mol. The normalized spacial score (nSPS) is 14.0. The first-order valence-corrected chi connectivity index (χ1v) is 11.4. The van der Waals surface area contributed by atoms with Crippen LogP contribution in [0.25, 0.3) is 44.6 Å². The molecular weight excluding hydrogens is 476 g/mol. The smallest absolute Gasteiger partial charge is 0.180 e. The molecule has 1 aliphatic carbocycles. The standard InChI is InChI=1S/C28H21BrN2O2/c1-3-5-9-17(4-2)25-27-26(24-21(29)12-8-13-23(24)33-27)31-28(30-25)19-14-15-20(22(32)16-19)18-10-6-7-11-18/h3-10,12-16,32H,2,11H2,1H3/b5-3-,17-9+. The van der Waals surface area contributed by atoms with Crippen LogP contribution < -0.4 is 0 Å². The Labute approximate surface area is 200 Å². The number of rotatable bonds is 5. The maximum atomic E-state index is 10.8. The molecule has 4 nitrogen and oxygen atoms in total. The van der Waals surface area contributed by atoms with E-state index in [1.807, 2.05) is 67.6 Å². The van der Waals surface area contributed by atoms with Gasteiger partial charge in [-0.2, -0.15) is 0 Å². The minimum atomic E-state index is 0.208. The lowest BCUT2D eigenvalue weighted by atomic mass is 10.0. The second-order valence-electron chi connectivity index (χ2n) is 7.70. The highest BCUT2D eigenvalue weighted by Gasteiger charge is 2.20. The third-order valence-electron chi connectivity index (χ3n) is 5.62. The molecule has 0 unspecified atom stereocenters. The van der Waals surface area contributed by atoms with Crippen LogP contribution in [0.15, 0.2) is 94.4 Å². The summed E-state index contributed by atoms with van der Waals surface area (Å²) >= 11 is 3.64. The van der Waals surface area contributed by atoms with Crippen molar-refractivity contribution in [2.24, 2.45) is 0 Å². The van der Waals surface area contributed by atoms with E-state index in [-0.39, 0.29) is 5.75 Å². The minimum absolute atomic E-state index is 0.208. The number of benzene rings is 2. The minimum Gasteiger partial charge on any atom is -0.507 e. The van der Waals surface area contributed by atoms with Gasteiger partial charge in [0.05, 0.1) is 5.39 Å². The van der Waals surface area contributed by atoms with Gasteiger partial charge in [0.25, 0.3) is 0 Å². The topological polar surface area (TPSA) is 59.2 Å². The molecule has 0 atom stereocenters. The number of hydrogen-bond donors (Lipinski definition) is 1. The maximum Gasteiger partial charge on any atom is 0.180 e. The zero-order chi connectivity index (χ0) is 22.9. The second kappa shape index (κ2) is 8.68. The van der Waals surface area contributed by atoms with E-state index in [0.29, 0.717) is 22.6 Å². The summed E-state index contributed by atoms with van der Waals surface area (Å²) in [6.45, 7) is 5.93. The molecule has 0 spiro atoms. The quantitative estimate of drug-likeness (QED) is 0.284. The van der Waals surface area contributed by atoms with E-state index >= 15 is 0 Å². The van der Waals surface area contributed by atoms with Crippen molar-refractivity contribution in [3.05, 3.63) is 101 Å². The van der Waals surface area contributed by atoms with Crippen LogP contribution in [-0.4, -0.2) is 15.1 Å². The molecule has 162 valence electrons. The molecule has 2 aromatic carbocycles. The number of phenolic OH excluding ortho intramolecular Hbond substituents is 1. The van der Waals surface area contributed by atoms with E-state index < -0.39 is 0 Å². The summed E-state index contributed by atoms with van der Waals surface area (Å²) in [6.07, 6.45) is 14.5. The molecule has 4 aromatic rings. The van der Waals surface area contributed by atoms with Gasteiger partial charge in [-0.05, 0) is 53.0 Å². The van der Waals surface area contributed by atoms with Crippen molar-refractivity contribution in [2.45, 2.75) is 13.3 Å². The highest BCUT2D eigenvalue weighted by molar-refractivity contribution is 9.10. The third-order valence-corrected chi connectivity index (χ3v) is 6.29. The van der Waals surface area contributed by atoms with Gasteiger partial charge < -0.3 is 9.52 Å². The fourth-order valence-electron chi connectivity index (χ4n) is 4.00. The lowest BCUT2D eigenvalue weighted by Crippen LogP contribution is -1.96. The summed E-state index contributed by atoms with van der Waals surface area (Å²) in [6, 6.07) is 11.4. The summed E-state index contributed by atoms with van der Waals surface area (Å²) in [7, 11) is 0. The number of fused-ring (bicyclic) bond motifs is 3. The Kier molecular flexibility index (Phi) is 5.56. The Bertz CT molecular complexity index is 1540. The van der Waals surface area contributed by atoms with Crippen molar-refractivity contribution in [1.29, 1.82) is 0 Å². The summed E-state index contributed by atoms with van der Waals surface area (Å²) in [5, 5.41) is 11.6. The molecule has 0 bridgehead atoms. The molecule has 5 heteroatoms. The van der Waals surface area contributed by atoms with Crippen LogP contribution in [0.5, 0.6) is 5.75 Å². The van der Waals surface area contributed by atoms with Gasteiger partial charge >= 0.3 is 0 Å². The van der Waals surface area contributed by atoms with Crippen LogP contribution in [0.1, 0.15) is 24.6 Å². The van der Waals surface area contributed by atoms with Crippen molar-refractivity contribution in [1.82, 2.24) is 9.97 Å². The van der Waals surface area contributed by atoms with Gasteiger partial charge in [-0.1, -0.05) is 67.3 Å². The Hall–Kier alpha value is -3.70. The zero-order valence-electron chi connectivity index (χ0n) is 18.0. The molecule has 5 rings (SSSR count). The van der Waals surface area contributed by atoms with Crippen LogP contribution in [0.3, 0.4) is 0 Å². The summed E-state index contributed by atoms with van der Waals surface area (Å²) < 4.78 is 7.09. The second-order valence-corrected chi connectivity index (χ2v) is 8.55. The molecule has 0 saturated heterocycles. The van der Waals surface area contributed by atoms with Crippen LogP contribution in [0.2, 0.25) is 0 Å². The number of halogens is 1. The summed E-state index contributed by atoms with van der Waals surface area (Å²) in [4.78, 5) is 9.72. The molecule has 1 N–H and O–H groups in total. The number of furan rings is 1. The van der Waals surface area contributed by atoms with Crippen molar-refractivity contribution in [2.75, 3.05) is 0 Å². The molecule has 0 saturated carbocycles. The number of allylic oxidation sites excluding steroid dienone is 9. The molecule has 1 aliphatic rings. The zero-order valence-corrected chi connectivity index (χ0v) is 19.6. The van der Waals surface area contributed by atoms with Crippen LogP contribution in [0.4, 0.5) is 0 Å². The fraction of sp³-hybridized carbons (Fsp3) is 0.0714. The van der Waals surface area contributed by atoms with E-state index in [1.54, 1.807) is 12.1 Å². The van der Waals surface area contributed by atoms with Gasteiger partial charge in [0.15, 0.2) is 11.4 Å². The number of nitrogens with zero attached hydrogens (tertiary/aromatic N) is 2. The Balaban J connectivity index is 1.77. The van der Waals surface area contributed by atoms with Crippen LogP contribution in [-0.2, 0) is 0 Å². The number of phenols is 1. The molecule has 0 aliphatic heterocycles. The molecule has 0 radical (unpaired) electrons. The highest BCUT2D eigenvalue weighted by atomic mass is 79.9. The Morgan fingerprint density at radius 3 is 2.82 bits per heavy atom. The van der Waals surface area contributed by atoms with Gasteiger partial charge in [0.2, 0.25) is 0 Å². The molecule has 2 heterocycles. The molecular formula is C28H21BrN2O2. The van der Waals surface area contributed by atoms with E-state index in [0.717, 1.165) is 44.1 Å². The predicted octanol–water partition coefficient (Wildman–Crippen LogP) is 8.00. The lowest BCUT2D eigenvalue weighted by molar-refractivity contribution is 0.473. The van der Waals surface area contributed by atoms with Crippen molar-refractivity contribution >= 4 is 49.1 Å². The first-order valence-electron chi connectivity index (χ1n) is 10.6. The summed E-state index contributed by atoms with van der Waals surface area (Å²) in [5.74, 6) is 0.712. The number of aromatic nitrogens is 2. The monoisotopic (exact) mass is 496 g/mol. The van der Waals surface area contributed by atoms with E-state index in [1.165, 1.54) is 0 Å². The van der Waals surface area contributed by atoms with E-state index in [2.05, 4.69) is 28.6 Å². The largest absolute Gasteiger partial charge is 0.507 e. The van der Waals surface area contributed by atoms with Crippen LogP contribution >= 0.6 is 15.9 Å². The average Bonchev–Trinajstić information content (AvgIpc) is 3.48. The van der Waals surface area contributed by atoms with E-state index in [4.69, 9.17) is 14.4 Å². The highest BCUT2D eigenvalue weighted by Crippen LogP contribution is 2.38. The lowest BCUT2D eigenvalue weighted by Gasteiger charge is -2.10. The summed E-state index contributed by atoms with van der Waals surface area (Å²) in [5.41, 5.74) is 6.13. The van der Waals surface area contributed by atoms with Crippen molar-refractivity contribution in [3.63, 3.8) is 0 Å². The molecule has 0 amide bonds. The molecule has 0 fully saturated rings. The van der Waals surface area contributed by atoms with Gasteiger partial charge in [-0.25, -0.2) is 9.97 Å². The molecule has 2 aromatic heterocycles. The SMILES string of the molecule is C=C/C(=C\C=C/C)c1nc(-c2ccc(C3=CC=CC3)c(O)c2)nc2c1oc1cccc(Br)c12. The van der Waals surface area contributed by atoms with Gasteiger partial charge in [-0.3, -0.25) is 0 Å².